The van der Waals surface area contributed by atoms with Gasteiger partial charge in [-0.2, -0.15) is 0 Å². The van der Waals surface area contributed by atoms with E-state index in [4.69, 9.17) is 21.8 Å². The molecule has 0 aliphatic heterocycles. The Bertz CT molecular complexity index is 478. The molecule has 0 radical (unpaired) electrons. The van der Waals surface area contributed by atoms with Gasteiger partial charge >= 0.3 is 0 Å². The standard InChI is InChI=1S/C13H14ClNO/c1-9-5-6-16-13(9)12(15)8-10-3-2-4-11(14)7-10/h2-7,12H,8,15H2,1H3. The normalized spacial score (nSPS) is 12.7. The average Bonchev–Trinajstić information content (AvgIpc) is 2.64. The van der Waals surface area contributed by atoms with Gasteiger partial charge in [0, 0.05) is 5.02 Å². The zero-order chi connectivity index (χ0) is 11.5. The van der Waals surface area contributed by atoms with Crippen LogP contribution < -0.4 is 5.73 Å². The van der Waals surface area contributed by atoms with Crippen LogP contribution >= 0.6 is 11.6 Å². The summed E-state index contributed by atoms with van der Waals surface area (Å²) in [6.07, 6.45) is 2.40. The highest BCUT2D eigenvalue weighted by Crippen LogP contribution is 2.21. The Hall–Kier alpha value is -1.25. The number of furan rings is 1. The van der Waals surface area contributed by atoms with Gasteiger partial charge in [-0.25, -0.2) is 0 Å². The number of aryl methyl sites for hydroxylation is 1. The fourth-order valence-corrected chi connectivity index (χ4v) is 1.99. The van der Waals surface area contributed by atoms with E-state index >= 15 is 0 Å². The van der Waals surface area contributed by atoms with Gasteiger partial charge in [0.25, 0.3) is 0 Å². The van der Waals surface area contributed by atoms with Crippen LogP contribution in [0.1, 0.15) is 22.9 Å². The third kappa shape index (κ3) is 2.46. The zero-order valence-electron chi connectivity index (χ0n) is 9.11. The number of nitrogens with two attached hydrogens (primary N) is 1. The van der Waals surface area contributed by atoms with Crippen LogP contribution in [0, 0.1) is 6.92 Å². The Labute approximate surface area is 100 Å². The molecule has 84 valence electrons. The summed E-state index contributed by atoms with van der Waals surface area (Å²) in [5.41, 5.74) is 8.30. The third-order valence-corrected chi connectivity index (χ3v) is 2.82. The lowest BCUT2D eigenvalue weighted by Crippen LogP contribution is -2.13. The Kier molecular flexibility index (Phi) is 3.32. The second-order valence-electron chi connectivity index (χ2n) is 3.91. The minimum atomic E-state index is -0.117. The van der Waals surface area contributed by atoms with E-state index in [1.165, 1.54) is 0 Å². The molecule has 1 heterocycles. The minimum absolute atomic E-state index is 0.117. The van der Waals surface area contributed by atoms with Gasteiger partial charge in [0.1, 0.15) is 5.76 Å². The average molecular weight is 236 g/mol. The van der Waals surface area contributed by atoms with E-state index in [0.29, 0.717) is 0 Å². The van der Waals surface area contributed by atoms with Crippen molar-refractivity contribution in [3.63, 3.8) is 0 Å². The summed E-state index contributed by atoms with van der Waals surface area (Å²) in [4.78, 5) is 0. The lowest BCUT2D eigenvalue weighted by atomic mass is 10.0. The second kappa shape index (κ2) is 4.73. The van der Waals surface area contributed by atoms with E-state index in [1.54, 1.807) is 6.26 Å². The van der Waals surface area contributed by atoms with Gasteiger partial charge in [-0.1, -0.05) is 23.7 Å². The molecule has 0 spiro atoms. The maximum Gasteiger partial charge on any atom is 0.123 e. The molecule has 1 unspecified atom stereocenters. The SMILES string of the molecule is Cc1ccoc1C(N)Cc1cccc(Cl)c1. The third-order valence-electron chi connectivity index (χ3n) is 2.58. The molecule has 0 aliphatic rings. The number of hydrogen-bond acceptors (Lipinski definition) is 2. The van der Waals surface area contributed by atoms with Crippen LogP contribution in [0.15, 0.2) is 41.0 Å². The summed E-state index contributed by atoms with van der Waals surface area (Å²) in [5.74, 6) is 0.847. The molecule has 2 rings (SSSR count). The first-order valence-corrected chi connectivity index (χ1v) is 5.58. The molecule has 0 fully saturated rings. The van der Waals surface area contributed by atoms with Crippen molar-refractivity contribution < 1.29 is 4.42 Å². The number of halogens is 1. The van der Waals surface area contributed by atoms with E-state index in [-0.39, 0.29) is 6.04 Å². The lowest BCUT2D eigenvalue weighted by molar-refractivity contribution is 0.461. The van der Waals surface area contributed by atoms with Crippen LogP contribution in [0.2, 0.25) is 5.02 Å². The minimum Gasteiger partial charge on any atom is -0.467 e. The largest absolute Gasteiger partial charge is 0.467 e. The first kappa shape index (κ1) is 11.2. The Morgan fingerprint density at radius 3 is 2.81 bits per heavy atom. The molecule has 0 aliphatic carbocycles. The van der Waals surface area contributed by atoms with Gasteiger partial charge < -0.3 is 10.2 Å². The molecule has 2 nitrogen and oxygen atoms in total. The fraction of sp³-hybridized carbons (Fsp3) is 0.231. The molecule has 1 atom stereocenters. The predicted octanol–water partition coefficient (Wildman–Crippen LogP) is 3.48. The van der Waals surface area contributed by atoms with E-state index in [1.807, 2.05) is 37.3 Å². The van der Waals surface area contributed by atoms with Gasteiger partial charge in [-0.15, -0.1) is 0 Å². The smallest absolute Gasteiger partial charge is 0.123 e. The van der Waals surface area contributed by atoms with Crippen molar-refractivity contribution in [2.24, 2.45) is 5.73 Å². The molecule has 2 aromatic rings. The molecule has 3 heteroatoms. The number of benzene rings is 1. The molecular formula is C13H14ClNO. The second-order valence-corrected chi connectivity index (χ2v) is 4.34. The van der Waals surface area contributed by atoms with Gasteiger partial charge in [0.05, 0.1) is 12.3 Å². The molecule has 0 amide bonds. The van der Waals surface area contributed by atoms with Crippen LogP contribution in [0.4, 0.5) is 0 Å². The van der Waals surface area contributed by atoms with Crippen molar-refractivity contribution >= 4 is 11.6 Å². The van der Waals surface area contributed by atoms with Crippen molar-refractivity contribution in [1.29, 1.82) is 0 Å². The summed E-state index contributed by atoms with van der Waals surface area (Å²) >= 11 is 5.92. The van der Waals surface area contributed by atoms with E-state index in [2.05, 4.69) is 0 Å². The van der Waals surface area contributed by atoms with Crippen molar-refractivity contribution in [2.45, 2.75) is 19.4 Å². The fourth-order valence-electron chi connectivity index (χ4n) is 1.77. The van der Waals surface area contributed by atoms with E-state index < -0.39 is 0 Å². The van der Waals surface area contributed by atoms with E-state index in [9.17, 15) is 0 Å². The molecule has 0 saturated heterocycles. The summed E-state index contributed by atoms with van der Waals surface area (Å²) in [6.45, 7) is 2.00. The quantitative estimate of drug-likeness (QED) is 0.885. The number of rotatable bonds is 3. The summed E-state index contributed by atoms with van der Waals surface area (Å²) in [6, 6.07) is 9.54. The van der Waals surface area contributed by atoms with Gasteiger partial charge in [-0.05, 0) is 42.7 Å². The highest BCUT2D eigenvalue weighted by molar-refractivity contribution is 6.30. The van der Waals surface area contributed by atoms with Gasteiger partial charge in [0.15, 0.2) is 0 Å². The molecule has 1 aromatic heterocycles. The zero-order valence-corrected chi connectivity index (χ0v) is 9.87. The lowest BCUT2D eigenvalue weighted by Gasteiger charge is -2.10. The van der Waals surface area contributed by atoms with Crippen LogP contribution in [0.3, 0.4) is 0 Å². The van der Waals surface area contributed by atoms with Crippen LogP contribution in [-0.4, -0.2) is 0 Å². The highest BCUT2D eigenvalue weighted by atomic mass is 35.5. The van der Waals surface area contributed by atoms with Crippen LogP contribution in [-0.2, 0) is 6.42 Å². The molecule has 1 aromatic carbocycles. The monoisotopic (exact) mass is 235 g/mol. The topological polar surface area (TPSA) is 39.2 Å². The summed E-state index contributed by atoms with van der Waals surface area (Å²) in [7, 11) is 0. The van der Waals surface area contributed by atoms with Crippen molar-refractivity contribution in [3.8, 4) is 0 Å². The van der Waals surface area contributed by atoms with Gasteiger partial charge in [-0.3, -0.25) is 0 Å². The maximum absolute atomic E-state index is 6.09. The number of hydrogen-bond donors (Lipinski definition) is 1. The van der Waals surface area contributed by atoms with Crippen molar-refractivity contribution in [2.75, 3.05) is 0 Å². The molecular weight excluding hydrogens is 222 g/mol. The maximum atomic E-state index is 6.09. The van der Waals surface area contributed by atoms with Crippen molar-refractivity contribution in [1.82, 2.24) is 0 Å². The predicted molar refractivity (Wildman–Crippen MR) is 65.5 cm³/mol. The Morgan fingerprint density at radius 1 is 1.38 bits per heavy atom. The first-order chi connectivity index (χ1) is 7.66. The highest BCUT2D eigenvalue weighted by Gasteiger charge is 2.12. The molecule has 0 saturated carbocycles. The first-order valence-electron chi connectivity index (χ1n) is 5.21. The Balaban J connectivity index is 2.14. The van der Waals surface area contributed by atoms with Gasteiger partial charge in [0.2, 0.25) is 0 Å². The van der Waals surface area contributed by atoms with Crippen LogP contribution in [0.5, 0.6) is 0 Å². The van der Waals surface area contributed by atoms with Crippen molar-refractivity contribution in [3.05, 3.63) is 58.5 Å². The Morgan fingerprint density at radius 2 is 2.19 bits per heavy atom. The summed E-state index contributed by atoms with van der Waals surface area (Å²) < 4.78 is 5.37. The molecule has 16 heavy (non-hydrogen) atoms. The summed E-state index contributed by atoms with van der Waals surface area (Å²) in [5, 5.41) is 0.737. The molecule has 0 bridgehead atoms. The van der Waals surface area contributed by atoms with Crippen LogP contribution in [0.25, 0.3) is 0 Å². The molecule has 2 N–H and O–H groups in total. The van der Waals surface area contributed by atoms with E-state index in [0.717, 1.165) is 28.3 Å².